The molecule has 1 aliphatic heterocycles. The summed E-state index contributed by atoms with van der Waals surface area (Å²) in [6, 6.07) is 14.4. The lowest BCUT2D eigenvalue weighted by Gasteiger charge is -2.19. The molecule has 2 amide bonds. The van der Waals surface area contributed by atoms with Crippen LogP contribution in [0, 0.1) is 0 Å². The molecule has 0 aromatic heterocycles. The molecule has 1 heterocycles. The average molecular weight is 707 g/mol. The van der Waals surface area contributed by atoms with Gasteiger partial charge in [-0.25, -0.2) is 9.59 Å². The van der Waals surface area contributed by atoms with Gasteiger partial charge < -0.3 is 45.7 Å². The second-order valence-electron chi connectivity index (χ2n) is 11.1. The summed E-state index contributed by atoms with van der Waals surface area (Å²) >= 11 is 5.38. The number of aromatic hydroxyl groups is 1. The Morgan fingerprint density at radius 2 is 1.68 bits per heavy atom. The SMILES string of the molecule is O=CO[C@H](CCC(=O)O)NC(=O)N[C@@H](CCC(=O)CCCNC(=S)Nc1ccc(-c2c3ccc(=O)cc-3oc3cc(O)ccc23)cc1)C(=O)O. The van der Waals surface area contributed by atoms with Gasteiger partial charge in [-0.1, -0.05) is 12.1 Å². The number of phenolic OH excluding ortho intramolecular Hbond substituents is 1. The predicted molar refractivity (Wildman–Crippen MR) is 185 cm³/mol. The minimum atomic E-state index is -1.41. The number of ketones is 1. The Labute approximate surface area is 290 Å². The van der Waals surface area contributed by atoms with Gasteiger partial charge in [0.1, 0.15) is 28.9 Å². The summed E-state index contributed by atoms with van der Waals surface area (Å²) in [7, 11) is 0. The van der Waals surface area contributed by atoms with Gasteiger partial charge in [0.2, 0.25) is 0 Å². The van der Waals surface area contributed by atoms with Crippen LogP contribution in [0.2, 0.25) is 0 Å². The van der Waals surface area contributed by atoms with Gasteiger partial charge in [-0.3, -0.25) is 19.2 Å². The number of anilines is 1. The number of hydrogen-bond acceptors (Lipinski definition) is 10. The van der Waals surface area contributed by atoms with Crippen molar-refractivity contribution < 1.29 is 48.4 Å². The van der Waals surface area contributed by atoms with E-state index in [1.54, 1.807) is 18.2 Å². The summed E-state index contributed by atoms with van der Waals surface area (Å²) in [5.41, 5.74) is 3.33. The molecule has 1 aliphatic carbocycles. The number of aliphatic carboxylic acids is 2. The highest BCUT2D eigenvalue weighted by molar-refractivity contribution is 7.80. The number of rotatable bonds is 17. The lowest BCUT2D eigenvalue weighted by molar-refractivity contribution is -0.141. The van der Waals surface area contributed by atoms with Crippen LogP contribution < -0.4 is 26.7 Å². The van der Waals surface area contributed by atoms with Gasteiger partial charge >= 0.3 is 18.0 Å². The summed E-state index contributed by atoms with van der Waals surface area (Å²) in [5, 5.41) is 39.7. The van der Waals surface area contributed by atoms with E-state index in [1.807, 2.05) is 24.3 Å². The Morgan fingerprint density at radius 1 is 0.920 bits per heavy atom. The van der Waals surface area contributed by atoms with Gasteiger partial charge in [0.05, 0.1) is 6.42 Å². The Kier molecular flexibility index (Phi) is 12.8. The number of phenols is 1. The lowest BCUT2D eigenvalue weighted by Crippen LogP contribution is -2.49. The first-order valence-corrected chi connectivity index (χ1v) is 15.8. The minimum absolute atomic E-state index is 0.0305. The monoisotopic (exact) mass is 706 g/mol. The van der Waals surface area contributed by atoms with E-state index in [1.165, 1.54) is 18.2 Å². The number of carbonyl (C=O) groups excluding carboxylic acids is 3. The molecule has 0 unspecified atom stereocenters. The molecule has 2 aromatic carbocycles. The van der Waals surface area contributed by atoms with Gasteiger partial charge in [0.25, 0.3) is 6.47 Å². The Morgan fingerprint density at radius 3 is 2.38 bits per heavy atom. The van der Waals surface area contributed by atoms with Crippen molar-refractivity contribution in [2.24, 2.45) is 0 Å². The van der Waals surface area contributed by atoms with Gasteiger partial charge in [-0.05, 0) is 67.0 Å². The van der Waals surface area contributed by atoms with E-state index in [4.69, 9.17) is 21.7 Å². The normalized spacial score (nSPS) is 12.0. The van der Waals surface area contributed by atoms with Crippen molar-refractivity contribution in [3.63, 3.8) is 0 Å². The van der Waals surface area contributed by atoms with Crippen LogP contribution in [0.1, 0.15) is 38.5 Å². The molecule has 15 nitrogen and oxygen atoms in total. The number of hydrogen-bond donors (Lipinski definition) is 7. The maximum absolute atomic E-state index is 12.4. The molecule has 262 valence electrons. The van der Waals surface area contributed by atoms with Crippen molar-refractivity contribution in [2.75, 3.05) is 11.9 Å². The van der Waals surface area contributed by atoms with E-state index in [2.05, 4.69) is 26.0 Å². The van der Waals surface area contributed by atoms with Crippen molar-refractivity contribution in [1.82, 2.24) is 16.0 Å². The molecule has 2 aliphatic rings. The number of Topliss-reactive ketones (excluding diaryl/α,β-unsaturated/α-hetero) is 1. The molecule has 0 spiro atoms. The predicted octanol–water partition coefficient (Wildman–Crippen LogP) is 3.80. The molecule has 16 heteroatoms. The van der Waals surface area contributed by atoms with Crippen LogP contribution in [0.3, 0.4) is 0 Å². The Hall–Kier alpha value is -6.03. The van der Waals surface area contributed by atoms with E-state index < -0.39 is 36.7 Å². The number of amides is 2. The van der Waals surface area contributed by atoms with Gasteiger partial charge in [0.15, 0.2) is 16.8 Å². The summed E-state index contributed by atoms with van der Waals surface area (Å²) in [6.07, 6.45) is -1.68. The molecular weight excluding hydrogens is 672 g/mol. The topological polar surface area (TPSA) is 234 Å². The van der Waals surface area contributed by atoms with Crippen LogP contribution in [0.25, 0.3) is 33.4 Å². The highest BCUT2D eigenvalue weighted by Crippen LogP contribution is 2.40. The number of urea groups is 1. The van der Waals surface area contributed by atoms with Crippen molar-refractivity contribution in [1.29, 1.82) is 0 Å². The number of carbonyl (C=O) groups is 5. The van der Waals surface area contributed by atoms with Crippen LogP contribution in [0.4, 0.5) is 10.5 Å². The fourth-order valence-electron chi connectivity index (χ4n) is 5.08. The minimum Gasteiger partial charge on any atom is -0.508 e. The third-order valence-electron chi connectivity index (χ3n) is 7.47. The van der Waals surface area contributed by atoms with E-state index in [9.17, 15) is 39.0 Å². The van der Waals surface area contributed by atoms with Crippen molar-refractivity contribution >= 4 is 64.2 Å². The molecule has 2 aromatic rings. The first kappa shape index (κ1) is 36.8. The molecule has 7 N–H and O–H groups in total. The summed E-state index contributed by atoms with van der Waals surface area (Å²) in [6.45, 7) is 0.385. The molecule has 50 heavy (non-hydrogen) atoms. The summed E-state index contributed by atoms with van der Waals surface area (Å²) < 4.78 is 10.5. The van der Waals surface area contributed by atoms with E-state index in [0.717, 1.165) is 22.1 Å². The van der Waals surface area contributed by atoms with Crippen LogP contribution in [-0.2, 0) is 23.9 Å². The number of carboxylic acids is 2. The van der Waals surface area contributed by atoms with Gasteiger partial charge in [0, 0.05) is 60.1 Å². The Bertz CT molecular complexity index is 1910. The van der Waals surface area contributed by atoms with Crippen LogP contribution in [-0.4, -0.2) is 69.5 Å². The molecule has 0 radical (unpaired) electrons. The molecule has 0 fully saturated rings. The smallest absolute Gasteiger partial charge is 0.326 e. The fraction of sp³-hybridized carbons (Fsp3) is 0.265. The van der Waals surface area contributed by atoms with Crippen LogP contribution in [0.15, 0.2) is 69.9 Å². The van der Waals surface area contributed by atoms with Crippen LogP contribution in [0.5, 0.6) is 5.75 Å². The van der Waals surface area contributed by atoms with E-state index in [-0.39, 0.29) is 49.1 Å². The quantitative estimate of drug-likeness (QED) is 0.0272. The molecule has 0 bridgehead atoms. The Balaban J connectivity index is 1.23. The number of nitrogens with one attached hydrogen (secondary N) is 4. The number of thiocarbonyl (C=S) groups is 1. The highest BCUT2D eigenvalue weighted by Gasteiger charge is 2.23. The molecule has 0 saturated heterocycles. The van der Waals surface area contributed by atoms with Crippen molar-refractivity contribution in [3.05, 3.63) is 70.9 Å². The summed E-state index contributed by atoms with van der Waals surface area (Å²) in [4.78, 5) is 69.5. The second-order valence-corrected chi connectivity index (χ2v) is 11.5. The van der Waals surface area contributed by atoms with E-state index >= 15 is 0 Å². The second kappa shape index (κ2) is 17.4. The lowest BCUT2D eigenvalue weighted by atomic mass is 9.93. The van der Waals surface area contributed by atoms with E-state index in [0.29, 0.717) is 35.1 Å². The van der Waals surface area contributed by atoms with Crippen molar-refractivity contribution in [2.45, 2.75) is 50.8 Å². The first-order valence-electron chi connectivity index (χ1n) is 15.4. The third kappa shape index (κ3) is 10.5. The maximum atomic E-state index is 12.4. The molecule has 0 saturated carbocycles. The first-order chi connectivity index (χ1) is 23.9. The number of fused-ring (bicyclic) bond motifs is 2. The zero-order valence-electron chi connectivity index (χ0n) is 26.5. The summed E-state index contributed by atoms with van der Waals surface area (Å²) in [5.74, 6) is -2.36. The largest absolute Gasteiger partial charge is 0.508 e. The number of carboxylic acid groups (broad SMARTS) is 2. The zero-order chi connectivity index (χ0) is 36.2. The third-order valence-corrected chi connectivity index (χ3v) is 7.72. The fourth-order valence-corrected chi connectivity index (χ4v) is 5.30. The molecule has 2 atom stereocenters. The maximum Gasteiger partial charge on any atom is 0.326 e. The van der Waals surface area contributed by atoms with Crippen LogP contribution >= 0.6 is 12.2 Å². The zero-order valence-corrected chi connectivity index (χ0v) is 27.3. The number of ether oxygens (including phenoxy) is 1. The number of benzene rings is 3. The highest BCUT2D eigenvalue weighted by atomic mass is 32.1. The van der Waals surface area contributed by atoms with Crippen molar-refractivity contribution in [3.8, 4) is 28.2 Å². The van der Waals surface area contributed by atoms with Gasteiger partial charge in [-0.2, -0.15) is 0 Å². The van der Waals surface area contributed by atoms with Gasteiger partial charge in [-0.15, -0.1) is 0 Å². The average Bonchev–Trinajstić information content (AvgIpc) is 3.06. The standard InChI is InChI=1S/C34H34N4O11S/c39-18-48-29(13-14-30(43)44)38-33(47)37-26(32(45)46)12-9-21(40)2-1-15-35-34(50)36-20-5-3-19(4-6-20)31-24-10-7-22(41)16-27(24)49-28-17-23(42)8-11-25(28)31/h3-8,10-11,16-18,26,29,41H,1-2,9,12-15H2,(H,43,44)(H,45,46)(H2,35,36,50)(H2,37,38,47)/t26-,29+/m0/s1. The molecule has 4 rings (SSSR count). The molecular formula is C34H34N4O11S.